The van der Waals surface area contributed by atoms with E-state index >= 15 is 0 Å². The highest BCUT2D eigenvalue weighted by Gasteiger charge is 2.08. The number of benzene rings is 1. The van der Waals surface area contributed by atoms with Crippen LogP contribution in [0.5, 0.6) is 0 Å². The molecule has 0 aliphatic rings. The van der Waals surface area contributed by atoms with Crippen molar-refractivity contribution in [3.8, 4) is 11.3 Å². The van der Waals surface area contributed by atoms with Gasteiger partial charge in [-0.15, -0.1) is 0 Å². The van der Waals surface area contributed by atoms with Crippen LogP contribution < -0.4 is 5.32 Å². The molecule has 0 aliphatic carbocycles. The summed E-state index contributed by atoms with van der Waals surface area (Å²) >= 11 is 3.27. The van der Waals surface area contributed by atoms with Crippen LogP contribution in [0.1, 0.15) is 19.7 Å². The van der Waals surface area contributed by atoms with Crippen LogP contribution in [0, 0.1) is 11.7 Å². The number of rotatable bonds is 6. The van der Waals surface area contributed by atoms with Crippen LogP contribution in [-0.4, -0.2) is 18.1 Å². The van der Waals surface area contributed by atoms with Gasteiger partial charge in [0, 0.05) is 23.0 Å². The van der Waals surface area contributed by atoms with Gasteiger partial charge < -0.3 is 9.73 Å². The summed E-state index contributed by atoms with van der Waals surface area (Å²) < 4.78 is 19.7. The fourth-order valence-electron chi connectivity index (χ4n) is 1.84. The molecule has 1 aromatic carbocycles. The van der Waals surface area contributed by atoms with E-state index in [4.69, 9.17) is 4.42 Å². The smallest absolute Gasteiger partial charge is 0.196 e. The van der Waals surface area contributed by atoms with E-state index in [0.717, 1.165) is 19.5 Å². The average molecular weight is 341 g/mol. The van der Waals surface area contributed by atoms with Crippen molar-refractivity contribution in [1.82, 2.24) is 10.3 Å². The third kappa shape index (κ3) is 4.42. The Morgan fingerprint density at radius 2 is 2.15 bits per heavy atom. The predicted octanol–water partition coefficient (Wildman–Crippen LogP) is 4.03. The maximum Gasteiger partial charge on any atom is 0.196 e. The summed E-state index contributed by atoms with van der Waals surface area (Å²) in [5.74, 6) is 1.58. The highest BCUT2D eigenvalue weighted by molar-refractivity contribution is 9.10. The first-order valence-corrected chi connectivity index (χ1v) is 7.46. The van der Waals surface area contributed by atoms with E-state index in [9.17, 15) is 4.39 Å². The third-order valence-corrected chi connectivity index (χ3v) is 3.23. The molecule has 3 nitrogen and oxygen atoms in total. The molecule has 0 unspecified atom stereocenters. The van der Waals surface area contributed by atoms with Crippen molar-refractivity contribution >= 4 is 15.9 Å². The lowest BCUT2D eigenvalue weighted by Gasteiger charge is -2.05. The summed E-state index contributed by atoms with van der Waals surface area (Å²) in [4.78, 5) is 4.22. The van der Waals surface area contributed by atoms with E-state index in [-0.39, 0.29) is 5.82 Å². The van der Waals surface area contributed by atoms with Crippen molar-refractivity contribution in [1.29, 1.82) is 0 Å². The molecule has 20 heavy (non-hydrogen) atoms. The molecule has 0 aliphatic heterocycles. The highest BCUT2D eigenvalue weighted by atomic mass is 79.9. The Kier molecular flexibility index (Phi) is 5.31. The highest BCUT2D eigenvalue weighted by Crippen LogP contribution is 2.25. The minimum Gasteiger partial charge on any atom is -0.441 e. The van der Waals surface area contributed by atoms with E-state index < -0.39 is 0 Å². The Balaban J connectivity index is 1.98. The largest absolute Gasteiger partial charge is 0.441 e. The Labute approximate surface area is 126 Å². The fourth-order valence-corrected chi connectivity index (χ4v) is 2.31. The van der Waals surface area contributed by atoms with Crippen LogP contribution in [0.2, 0.25) is 0 Å². The van der Waals surface area contributed by atoms with E-state index in [2.05, 4.69) is 40.1 Å². The van der Waals surface area contributed by atoms with Gasteiger partial charge in [-0.05, 0) is 30.7 Å². The zero-order valence-corrected chi connectivity index (χ0v) is 13.2. The van der Waals surface area contributed by atoms with Gasteiger partial charge in [-0.25, -0.2) is 9.37 Å². The Hall–Kier alpha value is -1.20. The number of oxazole rings is 1. The normalized spacial score (nSPS) is 11.2. The molecule has 0 bridgehead atoms. The number of nitrogens with one attached hydrogen (secondary N) is 1. The molecule has 1 N–H and O–H groups in total. The summed E-state index contributed by atoms with van der Waals surface area (Å²) in [7, 11) is 0. The lowest BCUT2D eigenvalue weighted by atomic mass is 10.2. The van der Waals surface area contributed by atoms with Crippen molar-refractivity contribution in [2.45, 2.75) is 20.3 Å². The van der Waals surface area contributed by atoms with Crippen molar-refractivity contribution < 1.29 is 8.81 Å². The van der Waals surface area contributed by atoms with Crippen LogP contribution in [0.15, 0.2) is 33.3 Å². The molecule has 0 atom stereocenters. The summed E-state index contributed by atoms with van der Waals surface area (Å²) in [6.07, 6.45) is 2.36. The first-order chi connectivity index (χ1) is 9.54. The van der Waals surface area contributed by atoms with E-state index in [1.165, 1.54) is 12.1 Å². The van der Waals surface area contributed by atoms with Crippen LogP contribution in [0.25, 0.3) is 11.3 Å². The Morgan fingerprint density at radius 1 is 1.35 bits per heavy atom. The number of hydrogen-bond acceptors (Lipinski definition) is 3. The molecule has 1 heterocycles. The molecule has 0 saturated carbocycles. The van der Waals surface area contributed by atoms with Gasteiger partial charge >= 0.3 is 0 Å². The van der Waals surface area contributed by atoms with Gasteiger partial charge in [-0.2, -0.15) is 0 Å². The zero-order chi connectivity index (χ0) is 14.5. The second-order valence-electron chi connectivity index (χ2n) is 5.12. The second-order valence-corrected chi connectivity index (χ2v) is 6.04. The molecule has 0 radical (unpaired) electrons. The van der Waals surface area contributed by atoms with Crippen LogP contribution >= 0.6 is 15.9 Å². The van der Waals surface area contributed by atoms with E-state index in [1.54, 1.807) is 6.20 Å². The summed E-state index contributed by atoms with van der Waals surface area (Å²) in [5, 5.41) is 3.33. The minimum absolute atomic E-state index is 0.300. The van der Waals surface area contributed by atoms with Gasteiger partial charge in [0.15, 0.2) is 11.7 Å². The number of nitrogens with zero attached hydrogens (tertiary/aromatic N) is 1. The lowest BCUT2D eigenvalue weighted by molar-refractivity contribution is 0.482. The van der Waals surface area contributed by atoms with Crippen molar-refractivity contribution in [3.05, 3.63) is 40.6 Å². The average Bonchev–Trinajstić information content (AvgIpc) is 2.82. The zero-order valence-electron chi connectivity index (χ0n) is 11.6. The number of hydrogen-bond donors (Lipinski definition) is 1. The number of aromatic nitrogens is 1. The maximum atomic E-state index is 13.3. The molecule has 0 amide bonds. The Morgan fingerprint density at radius 3 is 2.85 bits per heavy atom. The quantitative estimate of drug-likeness (QED) is 0.806. The van der Waals surface area contributed by atoms with Crippen LogP contribution in [0.4, 0.5) is 4.39 Å². The molecular formula is C15H18BrFN2O. The first-order valence-electron chi connectivity index (χ1n) is 6.66. The van der Waals surface area contributed by atoms with Gasteiger partial charge in [0.05, 0.1) is 6.20 Å². The molecule has 1 aromatic heterocycles. The van der Waals surface area contributed by atoms with E-state index in [0.29, 0.717) is 27.6 Å². The van der Waals surface area contributed by atoms with Crippen LogP contribution in [-0.2, 0) is 6.42 Å². The Bertz CT molecular complexity index is 549. The first kappa shape index (κ1) is 15.2. The van der Waals surface area contributed by atoms with Gasteiger partial charge in [0.25, 0.3) is 0 Å². The van der Waals surface area contributed by atoms with Gasteiger partial charge in [-0.3, -0.25) is 0 Å². The third-order valence-electron chi connectivity index (χ3n) is 2.77. The predicted molar refractivity (Wildman–Crippen MR) is 81.0 cm³/mol. The summed E-state index contributed by atoms with van der Waals surface area (Å²) in [6, 6.07) is 4.66. The summed E-state index contributed by atoms with van der Waals surface area (Å²) in [6.45, 7) is 6.13. The van der Waals surface area contributed by atoms with E-state index in [1.807, 2.05) is 6.07 Å². The molecular weight excluding hydrogens is 323 g/mol. The number of halogens is 2. The van der Waals surface area contributed by atoms with Gasteiger partial charge in [0.1, 0.15) is 5.82 Å². The maximum absolute atomic E-state index is 13.3. The van der Waals surface area contributed by atoms with Crippen LogP contribution in [0.3, 0.4) is 0 Å². The summed E-state index contributed by atoms with van der Waals surface area (Å²) in [5.41, 5.74) is 0.686. The molecule has 2 aromatic rings. The standard InChI is InChI=1S/C15H18BrFN2O/c1-10(2)8-18-4-3-15-19-9-14(20-15)11-5-12(16)7-13(17)6-11/h5-7,9-10,18H,3-4,8H2,1-2H3. The van der Waals surface area contributed by atoms with Crippen molar-refractivity contribution in [2.75, 3.05) is 13.1 Å². The van der Waals surface area contributed by atoms with Gasteiger partial charge in [-0.1, -0.05) is 29.8 Å². The molecule has 5 heteroatoms. The molecule has 0 saturated heterocycles. The van der Waals surface area contributed by atoms with Crippen molar-refractivity contribution in [3.63, 3.8) is 0 Å². The lowest BCUT2D eigenvalue weighted by Crippen LogP contribution is -2.22. The molecule has 2 rings (SSSR count). The van der Waals surface area contributed by atoms with Crippen molar-refractivity contribution in [2.24, 2.45) is 5.92 Å². The fraction of sp³-hybridized carbons (Fsp3) is 0.400. The molecule has 0 spiro atoms. The topological polar surface area (TPSA) is 38.1 Å². The SMILES string of the molecule is CC(C)CNCCc1ncc(-c2cc(F)cc(Br)c2)o1. The molecule has 108 valence electrons. The molecule has 0 fully saturated rings. The minimum atomic E-state index is -0.300. The monoisotopic (exact) mass is 340 g/mol. The second kappa shape index (κ2) is 6.99. The van der Waals surface area contributed by atoms with Gasteiger partial charge in [0.2, 0.25) is 0 Å².